The summed E-state index contributed by atoms with van der Waals surface area (Å²) in [5.41, 5.74) is 0.560. The van der Waals surface area contributed by atoms with E-state index in [9.17, 15) is 5.11 Å². The van der Waals surface area contributed by atoms with E-state index in [4.69, 9.17) is 0 Å². The van der Waals surface area contributed by atoms with Crippen molar-refractivity contribution in [2.24, 2.45) is 5.41 Å². The summed E-state index contributed by atoms with van der Waals surface area (Å²) < 4.78 is 0. The first-order chi connectivity index (χ1) is 7.68. The van der Waals surface area contributed by atoms with Crippen LogP contribution in [0.2, 0.25) is 0 Å². The zero-order valence-electron chi connectivity index (χ0n) is 9.70. The maximum atomic E-state index is 9.50. The fourth-order valence-corrected chi connectivity index (χ4v) is 4.30. The second-order valence-electron chi connectivity index (χ2n) is 5.56. The Balaban J connectivity index is 1.88. The van der Waals surface area contributed by atoms with Gasteiger partial charge in [-0.05, 0) is 50.9 Å². The van der Waals surface area contributed by atoms with E-state index in [1.807, 2.05) is 6.92 Å². The molecule has 1 N–H and O–H groups in total. The molecule has 3 aliphatic rings. The summed E-state index contributed by atoms with van der Waals surface area (Å²) in [7, 11) is 0. The monoisotopic (exact) mass is 238 g/mol. The van der Waals surface area contributed by atoms with Crippen LogP contribution in [0.15, 0.2) is 0 Å². The number of fused-ring (bicyclic) bond motifs is 3. The van der Waals surface area contributed by atoms with Gasteiger partial charge in [0.05, 0.1) is 0 Å². The number of aromatic nitrogens is 2. The standard InChI is InChI=1S/C12H18N2OS/c1-9-13-14-10(16-9)12-5-2-11(8-15,3-6-12)4-7-12/h15H,2-8H2,1H3. The predicted octanol–water partition coefficient (Wildman–Crippen LogP) is 2.43. The van der Waals surface area contributed by atoms with Gasteiger partial charge in [0.25, 0.3) is 0 Å². The highest BCUT2D eigenvalue weighted by Gasteiger charge is 2.50. The molecule has 0 unspecified atom stereocenters. The SMILES string of the molecule is Cc1nnc(C23CCC(CO)(CC2)CC3)s1. The molecular weight excluding hydrogens is 220 g/mol. The molecule has 0 saturated heterocycles. The lowest BCUT2D eigenvalue weighted by molar-refractivity contribution is -0.00713. The molecule has 2 bridgehead atoms. The van der Waals surface area contributed by atoms with Crippen LogP contribution in [-0.4, -0.2) is 21.9 Å². The molecule has 0 aliphatic heterocycles. The van der Waals surface area contributed by atoms with E-state index in [0.717, 1.165) is 5.01 Å². The van der Waals surface area contributed by atoms with Crippen LogP contribution >= 0.6 is 11.3 Å². The van der Waals surface area contributed by atoms with Crippen molar-refractivity contribution in [3.63, 3.8) is 0 Å². The van der Waals surface area contributed by atoms with Crippen molar-refractivity contribution in [3.05, 3.63) is 10.0 Å². The van der Waals surface area contributed by atoms with Crippen molar-refractivity contribution < 1.29 is 5.11 Å². The Morgan fingerprint density at radius 1 is 1.12 bits per heavy atom. The lowest BCUT2D eigenvalue weighted by Crippen LogP contribution is -2.45. The third-order valence-corrected chi connectivity index (χ3v) is 5.80. The van der Waals surface area contributed by atoms with Crippen LogP contribution < -0.4 is 0 Å². The third-order valence-electron chi connectivity index (χ3n) is 4.72. The summed E-state index contributed by atoms with van der Waals surface area (Å²) in [5, 5.41) is 20.3. The normalized spacial score (nSPS) is 37.9. The Bertz CT molecular complexity index is 377. The largest absolute Gasteiger partial charge is 0.396 e. The molecule has 1 aromatic rings. The molecule has 1 aromatic heterocycles. The quantitative estimate of drug-likeness (QED) is 0.860. The van der Waals surface area contributed by atoms with E-state index >= 15 is 0 Å². The van der Waals surface area contributed by atoms with Crippen molar-refractivity contribution >= 4 is 11.3 Å². The fraction of sp³-hybridized carbons (Fsp3) is 0.833. The molecule has 3 nitrogen and oxygen atoms in total. The van der Waals surface area contributed by atoms with Gasteiger partial charge in [-0.2, -0.15) is 0 Å². The summed E-state index contributed by atoms with van der Waals surface area (Å²) >= 11 is 1.76. The van der Waals surface area contributed by atoms with Gasteiger partial charge in [-0.25, -0.2) is 0 Å². The predicted molar refractivity (Wildman–Crippen MR) is 63.5 cm³/mol. The molecule has 0 aromatic carbocycles. The first kappa shape index (κ1) is 10.7. The molecule has 0 radical (unpaired) electrons. The number of aliphatic hydroxyl groups excluding tert-OH is 1. The Kier molecular flexibility index (Phi) is 2.33. The molecule has 4 rings (SSSR count). The molecule has 16 heavy (non-hydrogen) atoms. The van der Waals surface area contributed by atoms with Crippen LogP contribution in [0.1, 0.15) is 48.5 Å². The van der Waals surface area contributed by atoms with E-state index in [0.29, 0.717) is 12.0 Å². The number of nitrogens with zero attached hydrogens (tertiary/aromatic N) is 2. The summed E-state index contributed by atoms with van der Waals surface area (Å²) in [6.45, 7) is 2.40. The Hall–Kier alpha value is -0.480. The Morgan fingerprint density at radius 3 is 2.19 bits per heavy atom. The van der Waals surface area contributed by atoms with Gasteiger partial charge in [0, 0.05) is 12.0 Å². The topological polar surface area (TPSA) is 46.0 Å². The minimum absolute atomic E-state index is 0.251. The van der Waals surface area contributed by atoms with Gasteiger partial charge in [0.15, 0.2) is 0 Å². The lowest BCUT2D eigenvalue weighted by Gasteiger charge is -2.51. The second kappa shape index (κ2) is 3.50. The van der Waals surface area contributed by atoms with Crippen LogP contribution in [0.5, 0.6) is 0 Å². The number of aliphatic hydroxyl groups is 1. The average Bonchev–Trinajstić information content (AvgIpc) is 2.79. The summed E-state index contributed by atoms with van der Waals surface area (Å²) in [6, 6.07) is 0. The molecule has 1 heterocycles. The van der Waals surface area contributed by atoms with E-state index in [2.05, 4.69) is 10.2 Å². The highest BCUT2D eigenvalue weighted by atomic mass is 32.1. The molecule has 0 atom stereocenters. The van der Waals surface area contributed by atoms with Gasteiger partial charge in [-0.3, -0.25) is 0 Å². The molecule has 0 spiro atoms. The molecule has 3 saturated carbocycles. The van der Waals surface area contributed by atoms with Gasteiger partial charge >= 0.3 is 0 Å². The maximum Gasteiger partial charge on any atom is 0.123 e. The van der Waals surface area contributed by atoms with Gasteiger partial charge in [-0.15, -0.1) is 21.5 Å². The molecule has 4 heteroatoms. The smallest absolute Gasteiger partial charge is 0.123 e. The minimum atomic E-state index is 0.251. The molecule has 3 fully saturated rings. The van der Waals surface area contributed by atoms with Crippen LogP contribution in [0.25, 0.3) is 0 Å². The lowest BCUT2D eigenvalue weighted by atomic mass is 9.54. The average molecular weight is 238 g/mol. The van der Waals surface area contributed by atoms with Crippen molar-refractivity contribution in [1.82, 2.24) is 10.2 Å². The van der Waals surface area contributed by atoms with Crippen molar-refractivity contribution in [2.75, 3.05) is 6.61 Å². The number of aryl methyl sites for hydroxylation is 1. The van der Waals surface area contributed by atoms with Crippen LogP contribution in [0.3, 0.4) is 0 Å². The van der Waals surface area contributed by atoms with Gasteiger partial charge < -0.3 is 5.11 Å². The minimum Gasteiger partial charge on any atom is -0.396 e. The van der Waals surface area contributed by atoms with E-state index in [1.165, 1.54) is 43.5 Å². The van der Waals surface area contributed by atoms with Gasteiger partial charge in [-0.1, -0.05) is 0 Å². The van der Waals surface area contributed by atoms with E-state index in [1.54, 1.807) is 11.3 Å². The van der Waals surface area contributed by atoms with Crippen LogP contribution in [0.4, 0.5) is 0 Å². The molecule has 3 aliphatic carbocycles. The highest BCUT2D eigenvalue weighted by Crippen LogP contribution is 2.57. The van der Waals surface area contributed by atoms with Crippen LogP contribution in [0, 0.1) is 12.3 Å². The number of hydrogen-bond acceptors (Lipinski definition) is 4. The number of hydrogen-bond donors (Lipinski definition) is 1. The Morgan fingerprint density at radius 2 is 1.75 bits per heavy atom. The van der Waals surface area contributed by atoms with Crippen molar-refractivity contribution in [1.29, 1.82) is 0 Å². The van der Waals surface area contributed by atoms with Gasteiger partial charge in [0.2, 0.25) is 0 Å². The molecule has 0 amide bonds. The molecule has 88 valence electrons. The second-order valence-corrected chi connectivity index (χ2v) is 6.75. The molecular formula is C12H18N2OS. The third kappa shape index (κ3) is 1.43. The van der Waals surface area contributed by atoms with Crippen LogP contribution in [-0.2, 0) is 5.41 Å². The maximum absolute atomic E-state index is 9.50. The first-order valence-electron chi connectivity index (χ1n) is 6.10. The first-order valence-corrected chi connectivity index (χ1v) is 6.91. The summed E-state index contributed by atoms with van der Waals surface area (Å²) in [6.07, 6.45) is 7.10. The van der Waals surface area contributed by atoms with Gasteiger partial charge in [0.1, 0.15) is 10.0 Å². The summed E-state index contributed by atoms with van der Waals surface area (Å²) in [5.74, 6) is 0. The Labute approximate surface area is 99.9 Å². The van der Waals surface area contributed by atoms with Crippen molar-refractivity contribution in [2.45, 2.75) is 50.9 Å². The van der Waals surface area contributed by atoms with E-state index < -0.39 is 0 Å². The zero-order valence-corrected chi connectivity index (χ0v) is 10.5. The summed E-state index contributed by atoms with van der Waals surface area (Å²) in [4.78, 5) is 0. The number of rotatable bonds is 2. The van der Waals surface area contributed by atoms with Crippen molar-refractivity contribution in [3.8, 4) is 0 Å². The zero-order chi connectivity index (χ0) is 11.2. The van der Waals surface area contributed by atoms with E-state index in [-0.39, 0.29) is 5.41 Å². The fourth-order valence-electron chi connectivity index (χ4n) is 3.33. The highest BCUT2D eigenvalue weighted by molar-refractivity contribution is 7.11.